The third-order valence-electron chi connectivity index (χ3n) is 1.61. The number of aromatic nitrogens is 2. The number of hydrogen-bond acceptors (Lipinski definition) is 5. The largest absolute Gasteiger partial charge is 0.378 e. The fourth-order valence-electron chi connectivity index (χ4n) is 0.776. The molecule has 0 saturated heterocycles. The fraction of sp³-hybridized carbons (Fsp3) is 0.714. The van der Waals surface area contributed by atoms with Crippen LogP contribution in [0.2, 0.25) is 0 Å². The van der Waals surface area contributed by atoms with Gasteiger partial charge in [-0.3, -0.25) is 0 Å². The number of rotatable bonds is 3. The van der Waals surface area contributed by atoms with E-state index in [0.29, 0.717) is 5.95 Å². The molecule has 0 unspecified atom stereocenters. The molecule has 4 nitrogen and oxygen atoms in total. The number of hydrogen-bond donors (Lipinski definition) is 1. The van der Waals surface area contributed by atoms with E-state index in [9.17, 15) is 0 Å². The van der Waals surface area contributed by atoms with E-state index in [-0.39, 0.29) is 5.60 Å². The van der Waals surface area contributed by atoms with E-state index in [1.54, 1.807) is 7.11 Å². The van der Waals surface area contributed by atoms with Gasteiger partial charge in [-0.25, -0.2) is 4.98 Å². The molecular formula is C7H13N3OS. The zero-order chi connectivity index (χ0) is 9.19. The first kappa shape index (κ1) is 9.41. The van der Waals surface area contributed by atoms with Crippen LogP contribution in [0.4, 0.5) is 5.95 Å². The van der Waals surface area contributed by atoms with Crippen LogP contribution in [0.1, 0.15) is 18.9 Å². The molecular weight excluding hydrogens is 174 g/mol. The summed E-state index contributed by atoms with van der Waals surface area (Å²) in [5.74, 6) is 0.349. The maximum atomic E-state index is 5.39. The lowest BCUT2D eigenvalue weighted by atomic mass is 10.1. The summed E-state index contributed by atoms with van der Waals surface area (Å²) in [5, 5.41) is 0.916. The van der Waals surface area contributed by atoms with Crippen molar-refractivity contribution in [2.45, 2.75) is 25.9 Å². The molecule has 0 radical (unpaired) electrons. The van der Waals surface area contributed by atoms with E-state index in [4.69, 9.17) is 10.5 Å². The quantitative estimate of drug-likeness (QED) is 0.769. The lowest BCUT2D eigenvalue weighted by Crippen LogP contribution is -2.25. The molecule has 0 aliphatic heterocycles. The summed E-state index contributed by atoms with van der Waals surface area (Å²) in [5.41, 5.74) is 5.20. The molecule has 1 aromatic heterocycles. The van der Waals surface area contributed by atoms with Gasteiger partial charge in [0, 0.05) is 13.5 Å². The van der Waals surface area contributed by atoms with Crippen LogP contribution in [-0.4, -0.2) is 22.1 Å². The molecule has 0 amide bonds. The zero-order valence-electron chi connectivity index (χ0n) is 7.50. The van der Waals surface area contributed by atoms with Gasteiger partial charge in [0.25, 0.3) is 0 Å². The van der Waals surface area contributed by atoms with Crippen LogP contribution in [0.15, 0.2) is 0 Å². The first-order chi connectivity index (χ1) is 5.53. The number of nitrogen functional groups attached to an aromatic ring is 1. The minimum absolute atomic E-state index is 0.189. The minimum Gasteiger partial charge on any atom is -0.378 e. The minimum atomic E-state index is -0.189. The predicted molar refractivity (Wildman–Crippen MR) is 49.1 cm³/mol. The van der Waals surface area contributed by atoms with Crippen LogP contribution < -0.4 is 5.73 Å². The molecule has 0 bridgehead atoms. The number of nitrogens with two attached hydrogens (primary N) is 1. The Morgan fingerprint density at radius 1 is 1.58 bits per heavy atom. The maximum absolute atomic E-state index is 5.39. The molecule has 1 aromatic rings. The highest BCUT2D eigenvalue weighted by atomic mass is 32.1. The van der Waals surface area contributed by atoms with Crippen LogP contribution in [0.25, 0.3) is 0 Å². The maximum Gasteiger partial charge on any atom is 0.232 e. The van der Waals surface area contributed by atoms with Crippen molar-refractivity contribution in [1.82, 2.24) is 9.36 Å². The van der Waals surface area contributed by atoms with Gasteiger partial charge in [0.05, 0.1) is 5.60 Å². The molecule has 5 heteroatoms. The van der Waals surface area contributed by atoms with Crippen LogP contribution in [0.5, 0.6) is 0 Å². The van der Waals surface area contributed by atoms with Gasteiger partial charge in [-0.1, -0.05) is 0 Å². The van der Waals surface area contributed by atoms with Crippen LogP contribution in [0.3, 0.4) is 0 Å². The predicted octanol–water partition coefficient (Wildman–Crippen LogP) is 1.09. The molecule has 2 N–H and O–H groups in total. The second-order valence-corrected chi connectivity index (χ2v) is 4.02. The Balaban J connectivity index is 2.63. The van der Waals surface area contributed by atoms with E-state index in [0.717, 1.165) is 11.4 Å². The SMILES string of the molecule is COC(C)(C)Cc1nc(N)ns1. The molecule has 12 heavy (non-hydrogen) atoms. The molecule has 0 fully saturated rings. The highest BCUT2D eigenvalue weighted by molar-refractivity contribution is 7.05. The van der Waals surface area contributed by atoms with E-state index in [1.807, 2.05) is 13.8 Å². The highest BCUT2D eigenvalue weighted by Gasteiger charge is 2.19. The second-order valence-electron chi connectivity index (χ2n) is 3.19. The fourth-order valence-corrected chi connectivity index (χ4v) is 1.56. The summed E-state index contributed by atoms with van der Waals surface area (Å²) < 4.78 is 9.14. The summed E-state index contributed by atoms with van der Waals surface area (Å²) in [7, 11) is 1.68. The number of methoxy groups -OCH3 is 1. The molecule has 0 atom stereocenters. The highest BCUT2D eigenvalue weighted by Crippen LogP contribution is 2.17. The van der Waals surface area contributed by atoms with E-state index in [2.05, 4.69) is 9.36 Å². The molecule has 1 heterocycles. The van der Waals surface area contributed by atoms with Crippen LogP contribution in [-0.2, 0) is 11.2 Å². The van der Waals surface area contributed by atoms with Gasteiger partial charge in [-0.05, 0) is 25.4 Å². The van der Waals surface area contributed by atoms with Gasteiger partial charge < -0.3 is 10.5 Å². The summed E-state index contributed by atoms with van der Waals surface area (Å²) >= 11 is 1.33. The van der Waals surface area contributed by atoms with Crippen molar-refractivity contribution in [3.05, 3.63) is 5.01 Å². The Morgan fingerprint density at radius 3 is 2.67 bits per heavy atom. The third-order valence-corrected chi connectivity index (χ3v) is 2.34. The Morgan fingerprint density at radius 2 is 2.25 bits per heavy atom. The molecule has 0 aromatic carbocycles. The van der Waals surface area contributed by atoms with E-state index in [1.165, 1.54) is 11.5 Å². The average molecular weight is 187 g/mol. The molecule has 1 rings (SSSR count). The molecule has 0 aliphatic rings. The number of ether oxygens (including phenoxy) is 1. The van der Waals surface area contributed by atoms with Crippen molar-refractivity contribution in [2.24, 2.45) is 0 Å². The van der Waals surface area contributed by atoms with Crippen LogP contribution in [0, 0.1) is 0 Å². The smallest absolute Gasteiger partial charge is 0.232 e. The second kappa shape index (κ2) is 3.37. The van der Waals surface area contributed by atoms with Crippen molar-refractivity contribution in [1.29, 1.82) is 0 Å². The Kier molecular flexibility index (Phi) is 2.64. The summed E-state index contributed by atoms with van der Waals surface area (Å²) in [6.07, 6.45) is 0.748. The molecule has 0 spiro atoms. The Labute approximate surface area is 75.9 Å². The normalized spacial score (nSPS) is 11.9. The van der Waals surface area contributed by atoms with Crippen molar-refractivity contribution < 1.29 is 4.74 Å². The summed E-state index contributed by atoms with van der Waals surface area (Å²) in [6, 6.07) is 0. The average Bonchev–Trinajstić information content (AvgIpc) is 2.35. The van der Waals surface area contributed by atoms with Crippen molar-refractivity contribution in [3.63, 3.8) is 0 Å². The van der Waals surface area contributed by atoms with Gasteiger partial charge in [0.1, 0.15) is 5.01 Å². The monoisotopic (exact) mass is 187 g/mol. The van der Waals surface area contributed by atoms with Crippen molar-refractivity contribution >= 4 is 17.5 Å². The summed E-state index contributed by atoms with van der Waals surface area (Å²) in [6.45, 7) is 4.01. The lowest BCUT2D eigenvalue weighted by molar-refractivity contribution is 0.0232. The van der Waals surface area contributed by atoms with Crippen LogP contribution >= 0.6 is 11.5 Å². The lowest BCUT2D eigenvalue weighted by Gasteiger charge is -2.20. The Bertz CT molecular complexity index is 259. The van der Waals surface area contributed by atoms with Crippen molar-refractivity contribution in [2.75, 3.05) is 12.8 Å². The zero-order valence-corrected chi connectivity index (χ0v) is 8.31. The number of nitrogens with zero attached hydrogens (tertiary/aromatic N) is 2. The first-order valence-corrected chi connectivity index (χ1v) is 4.44. The van der Waals surface area contributed by atoms with Gasteiger partial charge >= 0.3 is 0 Å². The van der Waals surface area contributed by atoms with E-state index >= 15 is 0 Å². The van der Waals surface area contributed by atoms with Crippen molar-refractivity contribution in [3.8, 4) is 0 Å². The molecule has 0 aliphatic carbocycles. The number of anilines is 1. The van der Waals surface area contributed by atoms with Gasteiger partial charge in [-0.15, -0.1) is 0 Å². The Hall–Kier alpha value is -0.680. The van der Waals surface area contributed by atoms with Gasteiger partial charge in [-0.2, -0.15) is 4.37 Å². The van der Waals surface area contributed by atoms with E-state index < -0.39 is 0 Å². The topological polar surface area (TPSA) is 61.0 Å². The first-order valence-electron chi connectivity index (χ1n) is 3.67. The van der Waals surface area contributed by atoms with Gasteiger partial charge in [0.15, 0.2) is 0 Å². The van der Waals surface area contributed by atoms with Gasteiger partial charge in [0.2, 0.25) is 5.95 Å². The standard InChI is InChI=1S/C7H13N3OS/c1-7(2,11-3)4-5-9-6(8)10-12-5/h4H2,1-3H3,(H2,8,10). The summed E-state index contributed by atoms with van der Waals surface area (Å²) in [4.78, 5) is 4.05. The third kappa shape index (κ3) is 2.42. The molecule has 0 saturated carbocycles. The molecule has 68 valence electrons.